The van der Waals surface area contributed by atoms with Gasteiger partial charge in [0.25, 0.3) is 5.91 Å². The van der Waals surface area contributed by atoms with E-state index in [-0.39, 0.29) is 12.5 Å². The van der Waals surface area contributed by atoms with Gasteiger partial charge in [0, 0.05) is 30.0 Å². The van der Waals surface area contributed by atoms with Crippen molar-refractivity contribution >= 4 is 5.91 Å². The fourth-order valence-corrected chi connectivity index (χ4v) is 4.37. The third-order valence-electron chi connectivity index (χ3n) is 6.69. The minimum atomic E-state index is -4.40. The molecule has 9 heteroatoms. The Morgan fingerprint density at radius 1 is 1.17 bits per heavy atom. The first kappa shape index (κ1) is 27.4. The number of hydrogen-bond donors (Lipinski definition) is 2. The molecule has 0 spiro atoms. The molecule has 1 amide bonds. The molecule has 3 rings (SSSR count). The maximum Gasteiger partial charge on any atom is 0.416 e. The Balaban J connectivity index is 1.79. The quantitative estimate of drug-likeness (QED) is 0.584. The van der Waals surface area contributed by atoms with Gasteiger partial charge in [-0.3, -0.25) is 4.79 Å². The van der Waals surface area contributed by atoms with E-state index in [2.05, 4.69) is 11.8 Å². The number of hydrogen-bond acceptors (Lipinski definition) is 5. The van der Waals surface area contributed by atoms with Crippen LogP contribution < -0.4 is 9.47 Å². The number of alkyl halides is 3. The van der Waals surface area contributed by atoms with Gasteiger partial charge in [0.05, 0.1) is 18.8 Å². The van der Waals surface area contributed by atoms with Crippen molar-refractivity contribution in [1.29, 1.82) is 0 Å². The second kappa shape index (κ2) is 10.8. The van der Waals surface area contributed by atoms with Gasteiger partial charge >= 0.3 is 6.18 Å². The van der Waals surface area contributed by atoms with Crippen molar-refractivity contribution in [3.63, 3.8) is 0 Å². The fourth-order valence-electron chi connectivity index (χ4n) is 4.37. The van der Waals surface area contributed by atoms with Crippen molar-refractivity contribution < 1.29 is 37.7 Å². The summed E-state index contributed by atoms with van der Waals surface area (Å²) >= 11 is 0. The summed E-state index contributed by atoms with van der Waals surface area (Å²) in [6.45, 7) is 5.58. The summed E-state index contributed by atoms with van der Waals surface area (Å²) in [4.78, 5) is 14.0. The van der Waals surface area contributed by atoms with Crippen LogP contribution in [0.1, 0.15) is 43.4 Å². The molecule has 4 unspecified atom stereocenters. The lowest BCUT2D eigenvalue weighted by Gasteiger charge is -2.33. The number of methoxy groups -OCH3 is 1. The lowest BCUT2D eigenvalue weighted by Crippen LogP contribution is -2.40. The predicted molar refractivity (Wildman–Crippen MR) is 128 cm³/mol. The summed E-state index contributed by atoms with van der Waals surface area (Å²) in [5.41, 5.74) is -0.144. The van der Waals surface area contributed by atoms with E-state index < -0.39 is 35.3 Å². The first-order valence-electron chi connectivity index (χ1n) is 11.5. The monoisotopic (exact) mass is 505 g/mol. The third kappa shape index (κ3) is 5.94. The van der Waals surface area contributed by atoms with Gasteiger partial charge in [-0.25, -0.2) is 0 Å². The van der Waals surface area contributed by atoms with E-state index >= 15 is 0 Å². The van der Waals surface area contributed by atoms with Crippen LogP contribution >= 0.6 is 0 Å². The van der Waals surface area contributed by atoms with Gasteiger partial charge in [-0.2, -0.15) is 13.2 Å². The summed E-state index contributed by atoms with van der Waals surface area (Å²) in [5.74, 6) is 5.81. The van der Waals surface area contributed by atoms with Crippen molar-refractivity contribution in [3.8, 4) is 23.3 Å². The lowest BCUT2D eigenvalue weighted by atomic mass is 9.72. The zero-order chi connectivity index (χ0) is 26.7. The number of aliphatic hydroxyl groups is 2. The van der Waals surface area contributed by atoms with Crippen molar-refractivity contribution in [2.24, 2.45) is 5.41 Å². The molecule has 1 aliphatic heterocycles. The second-order valence-corrected chi connectivity index (χ2v) is 9.20. The molecule has 6 nitrogen and oxygen atoms in total. The molecule has 2 aromatic carbocycles. The second-order valence-electron chi connectivity index (χ2n) is 9.20. The maximum absolute atomic E-state index is 12.7. The molecule has 36 heavy (non-hydrogen) atoms. The summed E-state index contributed by atoms with van der Waals surface area (Å²) in [6.07, 6.45) is -6.27. The van der Waals surface area contributed by atoms with E-state index in [1.165, 1.54) is 26.2 Å². The Morgan fingerprint density at radius 3 is 2.39 bits per heavy atom. The topological polar surface area (TPSA) is 79.2 Å². The van der Waals surface area contributed by atoms with Crippen molar-refractivity contribution in [1.82, 2.24) is 4.90 Å². The molecule has 1 saturated heterocycles. The standard InChI is InChI=1S/C27H30F3NO5/c1-17(32)25(34)31-15-22(26(3,16-31)18(2)33)20-9-12-23(35-4)24(14-20)36-13-5-6-19-7-10-21(11-8-19)27(28,29)30/h7-12,14,17-18,22,32-33H,13,15-16H2,1-4H3. The molecular weight excluding hydrogens is 475 g/mol. The molecule has 2 aromatic rings. The van der Waals surface area contributed by atoms with Gasteiger partial charge in [0.1, 0.15) is 12.7 Å². The number of carbonyl (C=O) groups excluding carboxylic acids is 1. The highest BCUT2D eigenvalue weighted by Crippen LogP contribution is 2.47. The van der Waals surface area contributed by atoms with E-state index in [0.717, 1.165) is 17.7 Å². The minimum absolute atomic E-state index is 0.0359. The number of carbonyl (C=O) groups is 1. The smallest absolute Gasteiger partial charge is 0.416 e. The van der Waals surface area contributed by atoms with Crippen LogP contribution in [-0.4, -0.2) is 60.0 Å². The van der Waals surface area contributed by atoms with Gasteiger partial charge < -0.3 is 24.6 Å². The number of likely N-dealkylation sites (tertiary alicyclic amines) is 1. The number of halogens is 3. The fraction of sp³-hybridized carbons (Fsp3) is 0.444. The number of benzene rings is 2. The number of nitrogens with zero attached hydrogens (tertiary/aromatic N) is 1. The Labute approximate surface area is 208 Å². The Kier molecular flexibility index (Phi) is 8.22. The summed E-state index contributed by atoms with van der Waals surface area (Å²) in [5, 5.41) is 20.3. The SMILES string of the molecule is COc1ccc(C2CN(C(=O)C(C)O)CC2(C)C(C)O)cc1OCC#Cc1ccc(C(F)(F)F)cc1. The normalized spacial score (nSPS) is 21.4. The molecule has 0 aliphatic carbocycles. The molecule has 1 fully saturated rings. The Bertz CT molecular complexity index is 1130. The number of amides is 1. The van der Waals surface area contributed by atoms with Crippen molar-refractivity contribution in [2.45, 2.75) is 45.1 Å². The zero-order valence-electron chi connectivity index (χ0n) is 20.6. The van der Waals surface area contributed by atoms with Crippen LogP contribution in [-0.2, 0) is 11.0 Å². The molecule has 1 aliphatic rings. The first-order valence-corrected chi connectivity index (χ1v) is 11.5. The van der Waals surface area contributed by atoms with Crippen LogP contribution in [0.25, 0.3) is 0 Å². The molecule has 0 radical (unpaired) electrons. The average molecular weight is 506 g/mol. The van der Waals surface area contributed by atoms with Crippen LogP contribution in [0.3, 0.4) is 0 Å². The largest absolute Gasteiger partial charge is 0.493 e. The zero-order valence-corrected chi connectivity index (χ0v) is 20.6. The summed E-state index contributed by atoms with van der Waals surface area (Å²) < 4.78 is 49.3. The van der Waals surface area contributed by atoms with Crippen LogP contribution in [0, 0.1) is 17.3 Å². The van der Waals surface area contributed by atoms with E-state index in [4.69, 9.17) is 9.47 Å². The maximum atomic E-state index is 12.7. The Hall–Kier alpha value is -3.22. The number of ether oxygens (including phenoxy) is 2. The van der Waals surface area contributed by atoms with E-state index in [1.54, 1.807) is 24.0 Å². The molecule has 194 valence electrons. The molecule has 2 N–H and O–H groups in total. The number of rotatable bonds is 6. The summed E-state index contributed by atoms with van der Waals surface area (Å²) in [6, 6.07) is 9.91. The average Bonchev–Trinajstić information content (AvgIpc) is 3.19. The highest BCUT2D eigenvalue weighted by Gasteiger charge is 2.48. The molecule has 1 heterocycles. The highest BCUT2D eigenvalue weighted by atomic mass is 19.4. The minimum Gasteiger partial charge on any atom is -0.493 e. The molecular formula is C27H30F3NO5. The third-order valence-corrected chi connectivity index (χ3v) is 6.69. The van der Waals surface area contributed by atoms with E-state index in [1.807, 2.05) is 13.0 Å². The predicted octanol–water partition coefficient (Wildman–Crippen LogP) is 3.84. The van der Waals surface area contributed by atoms with Gasteiger partial charge in [0.2, 0.25) is 0 Å². The van der Waals surface area contributed by atoms with E-state index in [9.17, 15) is 28.2 Å². The first-order chi connectivity index (χ1) is 16.9. The summed E-state index contributed by atoms with van der Waals surface area (Å²) in [7, 11) is 1.49. The molecule has 0 saturated carbocycles. The van der Waals surface area contributed by atoms with Gasteiger partial charge in [0.15, 0.2) is 11.5 Å². The lowest BCUT2D eigenvalue weighted by molar-refractivity contribution is -0.139. The van der Waals surface area contributed by atoms with Crippen LogP contribution in [0.15, 0.2) is 42.5 Å². The van der Waals surface area contributed by atoms with Crippen LogP contribution in [0.2, 0.25) is 0 Å². The number of aliphatic hydroxyl groups excluding tert-OH is 2. The highest BCUT2D eigenvalue weighted by molar-refractivity contribution is 5.80. The van der Waals surface area contributed by atoms with Crippen LogP contribution in [0.4, 0.5) is 13.2 Å². The molecule has 0 aromatic heterocycles. The molecule has 4 atom stereocenters. The Morgan fingerprint density at radius 2 is 1.83 bits per heavy atom. The van der Waals surface area contributed by atoms with Gasteiger partial charge in [-0.1, -0.05) is 24.8 Å². The molecule has 0 bridgehead atoms. The van der Waals surface area contributed by atoms with E-state index in [0.29, 0.717) is 30.2 Å². The van der Waals surface area contributed by atoms with Crippen molar-refractivity contribution in [2.75, 3.05) is 26.8 Å². The van der Waals surface area contributed by atoms with Gasteiger partial charge in [-0.05, 0) is 55.8 Å². The van der Waals surface area contributed by atoms with Crippen LogP contribution in [0.5, 0.6) is 11.5 Å². The van der Waals surface area contributed by atoms with Gasteiger partial charge in [-0.15, -0.1) is 0 Å². The van der Waals surface area contributed by atoms with Crippen molar-refractivity contribution in [3.05, 3.63) is 59.2 Å².